The molecule has 0 aliphatic heterocycles. The summed E-state index contributed by atoms with van der Waals surface area (Å²) >= 11 is 7.17. The largest absolute Gasteiger partial charge is 0.391 e. The van der Waals surface area contributed by atoms with Gasteiger partial charge < -0.3 is 9.67 Å². The first kappa shape index (κ1) is 18.7. The molecule has 0 radical (unpaired) electrons. The van der Waals surface area contributed by atoms with Crippen LogP contribution < -0.4 is 0 Å². The van der Waals surface area contributed by atoms with Crippen molar-refractivity contribution in [3.8, 4) is 0 Å². The zero-order valence-electron chi connectivity index (χ0n) is 14.9. The third-order valence-corrected chi connectivity index (χ3v) is 6.01. The lowest BCUT2D eigenvalue weighted by molar-refractivity contribution is 0.144. The highest BCUT2D eigenvalue weighted by molar-refractivity contribution is 9.10. The minimum absolute atomic E-state index is 0.361. The summed E-state index contributed by atoms with van der Waals surface area (Å²) in [7, 11) is 0. The average Bonchev–Trinajstić information content (AvgIpc) is 2.95. The molecule has 1 unspecified atom stereocenters. The summed E-state index contributed by atoms with van der Waals surface area (Å²) < 4.78 is 4.38. The van der Waals surface area contributed by atoms with E-state index in [-0.39, 0.29) is 6.10 Å². The Bertz CT molecular complexity index is 1010. The van der Waals surface area contributed by atoms with Gasteiger partial charge in [-0.25, -0.2) is 0 Å². The molecule has 4 aromatic rings. The van der Waals surface area contributed by atoms with E-state index in [1.54, 1.807) is 0 Å². The summed E-state index contributed by atoms with van der Waals surface area (Å²) in [5.74, 6) is 0. The van der Waals surface area contributed by atoms with E-state index in [4.69, 9.17) is 0 Å². The summed E-state index contributed by atoms with van der Waals surface area (Å²) in [6.07, 6.45) is 2.42. The highest BCUT2D eigenvalue weighted by Crippen LogP contribution is 2.33. The summed E-state index contributed by atoms with van der Waals surface area (Å²) in [5, 5.41) is 13.1. The lowest BCUT2D eigenvalue weighted by Gasteiger charge is -2.14. The van der Waals surface area contributed by atoms with E-state index < -0.39 is 0 Å². The van der Waals surface area contributed by atoms with E-state index in [9.17, 15) is 5.11 Å². The van der Waals surface area contributed by atoms with Gasteiger partial charge in [0.2, 0.25) is 0 Å². The number of aliphatic hydroxyl groups excluding tert-OH is 1. The van der Waals surface area contributed by atoms with Gasteiger partial charge in [-0.2, -0.15) is 0 Å². The Morgan fingerprint density at radius 2 is 1.41 bits per heavy atom. The van der Waals surface area contributed by atoms with Crippen LogP contribution in [0, 0.1) is 0 Å². The van der Waals surface area contributed by atoms with Crippen molar-refractivity contribution in [2.24, 2.45) is 0 Å². The molecule has 0 fully saturated rings. The zero-order chi connectivity index (χ0) is 18.8. The van der Waals surface area contributed by atoms with Crippen molar-refractivity contribution < 1.29 is 5.11 Å². The topological polar surface area (TPSA) is 25.2 Å². The Balaban J connectivity index is 1.57. The Morgan fingerprint density at radius 3 is 2.00 bits per heavy atom. The summed E-state index contributed by atoms with van der Waals surface area (Å²) in [4.78, 5) is 0. The first-order chi connectivity index (χ1) is 13.1. The van der Waals surface area contributed by atoms with Gasteiger partial charge in [-0.05, 0) is 61.2 Å². The van der Waals surface area contributed by atoms with Gasteiger partial charge in [0.15, 0.2) is 0 Å². The van der Waals surface area contributed by atoms with Crippen molar-refractivity contribution in [3.05, 3.63) is 81.2 Å². The number of aliphatic hydroxyl groups is 1. The van der Waals surface area contributed by atoms with Gasteiger partial charge in [0.05, 0.1) is 6.10 Å². The third-order valence-electron chi connectivity index (χ3n) is 5.03. The molecule has 4 rings (SSSR count). The maximum atomic E-state index is 10.7. The van der Waals surface area contributed by atoms with Crippen LogP contribution in [-0.2, 0) is 13.0 Å². The van der Waals surface area contributed by atoms with Crippen molar-refractivity contribution in [1.82, 2.24) is 4.57 Å². The highest BCUT2D eigenvalue weighted by atomic mass is 79.9. The molecule has 3 aromatic carbocycles. The van der Waals surface area contributed by atoms with E-state index in [0.717, 1.165) is 39.2 Å². The van der Waals surface area contributed by atoms with Crippen LogP contribution in [0.15, 0.2) is 75.7 Å². The predicted molar refractivity (Wildman–Crippen MR) is 120 cm³/mol. The van der Waals surface area contributed by atoms with E-state index in [1.807, 2.05) is 6.07 Å². The number of aromatic nitrogens is 1. The normalized spacial score (nSPS) is 12.7. The van der Waals surface area contributed by atoms with E-state index >= 15 is 0 Å². The monoisotopic (exact) mass is 485 g/mol. The summed E-state index contributed by atoms with van der Waals surface area (Å²) in [6, 6.07) is 23.2. The van der Waals surface area contributed by atoms with Crippen LogP contribution in [0.2, 0.25) is 0 Å². The molecule has 138 valence electrons. The lowest BCUT2D eigenvalue weighted by Crippen LogP contribution is -2.16. The number of nitrogens with zero attached hydrogens (tertiary/aromatic N) is 1. The minimum atomic E-state index is -0.361. The second kappa shape index (κ2) is 8.17. The molecule has 0 saturated heterocycles. The number of rotatable bonds is 6. The fraction of sp³-hybridized carbons (Fsp3) is 0.217. The van der Waals surface area contributed by atoms with Crippen molar-refractivity contribution in [1.29, 1.82) is 0 Å². The smallest absolute Gasteiger partial charge is 0.0719 e. The molecule has 1 atom stereocenters. The molecular formula is C23H21Br2NO. The zero-order valence-corrected chi connectivity index (χ0v) is 18.1. The Labute approximate surface area is 176 Å². The first-order valence-corrected chi connectivity index (χ1v) is 10.8. The number of halogens is 2. The fourth-order valence-electron chi connectivity index (χ4n) is 3.73. The van der Waals surface area contributed by atoms with Gasteiger partial charge >= 0.3 is 0 Å². The highest BCUT2D eigenvalue weighted by Gasteiger charge is 2.14. The van der Waals surface area contributed by atoms with Crippen LogP contribution in [0.3, 0.4) is 0 Å². The summed E-state index contributed by atoms with van der Waals surface area (Å²) in [6.45, 7) is 0.609. The van der Waals surface area contributed by atoms with Gasteiger partial charge in [0.1, 0.15) is 0 Å². The molecular weight excluding hydrogens is 466 g/mol. The first-order valence-electron chi connectivity index (χ1n) is 9.21. The van der Waals surface area contributed by atoms with Gasteiger partial charge in [-0.15, -0.1) is 0 Å². The van der Waals surface area contributed by atoms with Gasteiger partial charge in [0, 0.05) is 37.3 Å². The molecule has 0 aliphatic carbocycles. The molecule has 0 amide bonds. The standard InChI is InChI=1S/C23H21Br2NO/c24-17-9-11-22-20(13-17)21-14-18(25)10-12-23(21)26(22)15-19(27)8-4-7-16-5-2-1-3-6-16/h1-3,5-6,9-14,19,27H,4,7-8,15H2. The molecule has 2 nitrogen and oxygen atoms in total. The molecule has 0 saturated carbocycles. The van der Waals surface area contributed by atoms with Gasteiger partial charge in [0.25, 0.3) is 0 Å². The van der Waals surface area contributed by atoms with Gasteiger partial charge in [-0.3, -0.25) is 0 Å². The number of benzene rings is 3. The number of aryl methyl sites for hydroxylation is 1. The predicted octanol–water partition coefficient (Wildman–Crippen LogP) is 6.70. The van der Waals surface area contributed by atoms with Crippen molar-refractivity contribution in [2.45, 2.75) is 31.9 Å². The van der Waals surface area contributed by atoms with Crippen molar-refractivity contribution in [3.63, 3.8) is 0 Å². The molecule has 4 heteroatoms. The average molecular weight is 487 g/mol. The Morgan fingerprint density at radius 1 is 0.815 bits per heavy atom. The van der Waals surface area contributed by atoms with Crippen LogP contribution in [-0.4, -0.2) is 15.8 Å². The molecule has 27 heavy (non-hydrogen) atoms. The van der Waals surface area contributed by atoms with Gasteiger partial charge in [-0.1, -0.05) is 62.2 Å². The number of hydrogen-bond donors (Lipinski definition) is 1. The number of hydrogen-bond acceptors (Lipinski definition) is 1. The maximum Gasteiger partial charge on any atom is 0.0719 e. The van der Waals surface area contributed by atoms with Crippen LogP contribution in [0.5, 0.6) is 0 Å². The van der Waals surface area contributed by atoms with Crippen LogP contribution >= 0.6 is 31.9 Å². The second-order valence-electron chi connectivity index (χ2n) is 6.97. The molecule has 1 N–H and O–H groups in total. The molecule has 0 spiro atoms. The van der Waals surface area contributed by atoms with Crippen molar-refractivity contribution in [2.75, 3.05) is 0 Å². The second-order valence-corrected chi connectivity index (χ2v) is 8.80. The fourth-order valence-corrected chi connectivity index (χ4v) is 4.46. The minimum Gasteiger partial charge on any atom is -0.391 e. The van der Waals surface area contributed by atoms with E-state index in [0.29, 0.717) is 6.54 Å². The lowest BCUT2D eigenvalue weighted by atomic mass is 10.1. The Kier molecular flexibility index (Phi) is 5.67. The Hall–Kier alpha value is -1.62. The molecule has 1 aromatic heterocycles. The van der Waals surface area contributed by atoms with Crippen LogP contribution in [0.25, 0.3) is 21.8 Å². The SMILES string of the molecule is OC(CCCc1ccccc1)Cn1c2ccc(Br)cc2c2cc(Br)ccc21. The van der Waals surface area contributed by atoms with Crippen LogP contribution in [0.4, 0.5) is 0 Å². The van der Waals surface area contributed by atoms with E-state index in [1.165, 1.54) is 16.3 Å². The maximum absolute atomic E-state index is 10.7. The van der Waals surface area contributed by atoms with Crippen LogP contribution in [0.1, 0.15) is 18.4 Å². The molecule has 0 bridgehead atoms. The summed E-state index contributed by atoms with van der Waals surface area (Å²) in [5.41, 5.74) is 3.65. The van der Waals surface area contributed by atoms with E-state index in [2.05, 4.69) is 97.1 Å². The van der Waals surface area contributed by atoms with Crippen molar-refractivity contribution >= 4 is 53.7 Å². The third kappa shape index (κ3) is 4.13. The number of fused-ring (bicyclic) bond motifs is 3. The molecule has 1 heterocycles. The quantitative estimate of drug-likeness (QED) is 0.322. The molecule has 0 aliphatic rings.